The Labute approximate surface area is 103 Å². The molecule has 0 aliphatic heterocycles. The summed E-state index contributed by atoms with van der Waals surface area (Å²) in [5.41, 5.74) is -0.146. The van der Waals surface area contributed by atoms with E-state index in [1.54, 1.807) is 19.4 Å². The lowest BCUT2D eigenvalue weighted by molar-refractivity contribution is 0.271. The number of hydrogen-bond acceptors (Lipinski definition) is 3. The molecule has 1 heterocycles. The molecule has 0 aliphatic rings. The molecule has 0 spiro atoms. The van der Waals surface area contributed by atoms with Crippen molar-refractivity contribution in [2.75, 3.05) is 5.75 Å². The summed E-state index contributed by atoms with van der Waals surface area (Å²) in [6, 6.07) is -0.151. The van der Waals surface area contributed by atoms with Crippen LogP contribution < -0.4 is 4.72 Å². The Morgan fingerprint density at radius 2 is 2.06 bits per heavy atom. The zero-order valence-electron chi connectivity index (χ0n) is 10.8. The molecular weight excluding hydrogens is 238 g/mol. The molecule has 6 heteroatoms. The summed E-state index contributed by atoms with van der Waals surface area (Å²) in [6.07, 6.45) is 5.21. The number of sulfonamides is 1. The third-order valence-corrected chi connectivity index (χ3v) is 4.10. The van der Waals surface area contributed by atoms with Crippen LogP contribution in [0, 0.1) is 5.41 Å². The van der Waals surface area contributed by atoms with Gasteiger partial charge < -0.3 is 4.57 Å². The number of nitrogens with one attached hydrogen (secondary N) is 1. The van der Waals surface area contributed by atoms with E-state index in [0.717, 1.165) is 0 Å². The fourth-order valence-corrected chi connectivity index (χ4v) is 2.42. The van der Waals surface area contributed by atoms with E-state index in [2.05, 4.69) is 9.71 Å². The molecule has 0 radical (unpaired) electrons. The molecule has 0 saturated carbocycles. The van der Waals surface area contributed by atoms with Gasteiger partial charge in [-0.25, -0.2) is 18.1 Å². The van der Waals surface area contributed by atoms with Gasteiger partial charge in [0.15, 0.2) is 0 Å². The van der Waals surface area contributed by atoms with Crippen LogP contribution in [0.1, 0.15) is 27.7 Å². The first-order chi connectivity index (χ1) is 7.74. The van der Waals surface area contributed by atoms with E-state index in [4.69, 9.17) is 0 Å². The van der Waals surface area contributed by atoms with Gasteiger partial charge in [0.2, 0.25) is 10.0 Å². The molecule has 17 heavy (non-hydrogen) atoms. The summed E-state index contributed by atoms with van der Waals surface area (Å²) >= 11 is 0. The highest BCUT2D eigenvalue weighted by Crippen LogP contribution is 2.21. The van der Waals surface area contributed by atoms with Crippen molar-refractivity contribution in [3.8, 4) is 0 Å². The molecule has 98 valence electrons. The molecule has 1 aromatic heterocycles. The van der Waals surface area contributed by atoms with Crippen molar-refractivity contribution < 1.29 is 8.42 Å². The van der Waals surface area contributed by atoms with Gasteiger partial charge in [0, 0.05) is 25.0 Å². The van der Waals surface area contributed by atoms with Gasteiger partial charge in [-0.3, -0.25) is 0 Å². The van der Waals surface area contributed by atoms with Crippen molar-refractivity contribution in [2.45, 2.75) is 40.3 Å². The SMILES string of the molecule is CCS(=O)(=O)NC(Cn1ccnc1)C(C)(C)C. The van der Waals surface area contributed by atoms with Crippen LogP contribution in [0.4, 0.5) is 0 Å². The number of imidazole rings is 1. The minimum atomic E-state index is -3.19. The predicted molar refractivity (Wildman–Crippen MR) is 68.1 cm³/mol. The van der Waals surface area contributed by atoms with Crippen molar-refractivity contribution in [3.63, 3.8) is 0 Å². The Hall–Kier alpha value is -0.880. The van der Waals surface area contributed by atoms with Gasteiger partial charge in [0.05, 0.1) is 12.1 Å². The van der Waals surface area contributed by atoms with E-state index in [-0.39, 0.29) is 17.2 Å². The van der Waals surface area contributed by atoms with Gasteiger partial charge in [-0.1, -0.05) is 20.8 Å². The summed E-state index contributed by atoms with van der Waals surface area (Å²) in [7, 11) is -3.19. The maximum Gasteiger partial charge on any atom is 0.211 e. The lowest BCUT2D eigenvalue weighted by Gasteiger charge is -2.31. The summed E-state index contributed by atoms with van der Waals surface area (Å²) in [5, 5.41) is 0. The third kappa shape index (κ3) is 4.47. The molecule has 0 aromatic carbocycles. The Bertz CT molecular complexity index is 432. The molecule has 0 fully saturated rings. The number of aromatic nitrogens is 2. The Morgan fingerprint density at radius 3 is 2.47 bits per heavy atom. The standard InChI is InChI=1S/C11H21N3O2S/c1-5-17(15,16)13-10(11(2,3)4)8-14-7-6-12-9-14/h6-7,9-10,13H,5,8H2,1-4H3. The Morgan fingerprint density at radius 1 is 1.41 bits per heavy atom. The molecule has 0 aliphatic carbocycles. The van der Waals surface area contributed by atoms with Gasteiger partial charge >= 0.3 is 0 Å². The quantitative estimate of drug-likeness (QED) is 0.865. The summed E-state index contributed by atoms with van der Waals surface area (Å²) in [4.78, 5) is 3.96. The maximum absolute atomic E-state index is 11.6. The van der Waals surface area contributed by atoms with Crippen molar-refractivity contribution in [1.82, 2.24) is 14.3 Å². The van der Waals surface area contributed by atoms with Crippen LogP contribution >= 0.6 is 0 Å². The highest BCUT2D eigenvalue weighted by molar-refractivity contribution is 7.89. The molecule has 1 N–H and O–H groups in total. The van der Waals surface area contributed by atoms with E-state index in [0.29, 0.717) is 6.54 Å². The second-order valence-corrected chi connectivity index (χ2v) is 7.24. The topological polar surface area (TPSA) is 64.0 Å². The molecule has 1 aromatic rings. The van der Waals surface area contributed by atoms with Crippen LogP contribution in [0.25, 0.3) is 0 Å². The van der Waals surface area contributed by atoms with E-state index in [1.165, 1.54) is 0 Å². The van der Waals surface area contributed by atoms with E-state index in [9.17, 15) is 8.42 Å². The zero-order valence-corrected chi connectivity index (χ0v) is 11.7. The summed E-state index contributed by atoms with van der Waals surface area (Å²) in [6.45, 7) is 8.29. The number of rotatable bonds is 5. The van der Waals surface area contributed by atoms with Crippen molar-refractivity contribution >= 4 is 10.0 Å². The van der Waals surface area contributed by atoms with Crippen LogP contribution in [0.15, 0.2) is 18.7 Å². The molecule has 5 nitrogen and oxygen atoms in total. The highest BCUT2D eigenvalue weighted by Gasteiger charge is 2.28. The van der Waals surface area contributed by atoms with Gasteiger partial charge in [0.25, 0.3) is 0 Å². The monoisotopic (exact) mass is 259 g/mol. The van der Waals surface area contributed by atoms with Crippen LogP contribution in [-0.2, 0) is 16.6 Å². The van der Waals surface area contributed by atoms with Gasteiger partial charge in [0.1, 0.15) is 0 Å². The van der Waals surface area contributed by atoms with Crippen LogP contribution in [0.5, 0.6) is 0 Å². The molecular formula is C11H21N3O2S. The highest BCUT2D eigenvalue weighted by atomic mass is 32.2. The largest absolute Gasteiger partial charge is 0.336 e. The van der Waals surface area contributed by atoms with E-state index in [1.807, 2.05) is 31.5 Å². The first kappa shape index (κ1) is 14.2. The van der Waals surface area contributed by atoms with E-state index >= 15 is 0 Å². The lowest BCUT2D eigenvalue weighted by Crippen LogP contribution is -2.46. The average molecular weight is 259 g/mol. The van der Waals surface area contributed by atoms with Gasteiger partial charge in [-0.05, 0) is 12.3 Å². The number of hydrogen-bond donors (Lipinski definition) is 1. The fraction of sp³-hybridized carbons (Fsp3) is 0.727. The van der Waals surface area contributed by atoms with Crippen LogP contribution in [0.2, 0.25) is 0 Å². The fourth-order valence-electron chi connectivity index (χ4n) is 1.39. The Kier molecular flexibility index (Phi) is 4.32. The van der Waals surface area contributed by atoms with Crippen molar-refractivity contribution in [3.05, 3.63) is 18.7 Å². The minimum Gasteiger partial charge on any atom is -0.336 e. The molecule has 0 bridgehead atoms. The van der Waals surface area contributed by atoms with Crippen LogP contribution in [0.3, 0.4) is 0 Å². The second-order valence-electron chi connectivity index (χ2n) is 5.20. The molecule has 0 amide bonds. The first-order valence-electron chi connectivity index (χ1n) is 5.70. The van der Waals surface area contributed by atoms with Gasteiger partial charge in [-0.2, -0.15) is 0 Å². The molecule has 1 unspecified atom stereocenters. The van der Waals surface area contributed by atoms with Crippen LogP contribution in [-0.4, -0.2) is 29.8 Å². The van der Waals surface area contributed by atoms with Crippen molar-refractivity contribution in [2.24, 2.45) is 5.41 Å². The maximum atomic E-state index is 11.6. The summed E-state index contributed by atoms with van der Waals surface area (Å²) in [5.74, 6) is 0.101. The predicted octanol–water partition coefficient (Wildman–Crippen LogP) is 1.24. The molecule has 1 atom stereocenters. The summed E-state index contributed by atoms with van der Waals surface area (Å²) < 4.78 is 27.9. The normalized spacial score (nSPS) is 14.8. The van der Waals surface area contributed by atoms with E-state index < -0.39 is 10.0 Å². The third-order valence-electron chi connectivity index (χ3n) is 2.70. The average Bonchev–Trinajstić information content (AvgIpc) is 2.68. The first-order valence-corrected chi connectivity index (χ1v) is 7.35. The lowest BCUT2D eigenvalue weighted by atomic mass is 9.87. The Balaban J connectivity index is 2.83. The number of nitrogens with zero attached hydrogens (tertiary/aromatic N) is 2. The second kappa shape index (κ2) is 5.18. The van der Waals surface area contributed by atoms with Gasteiger partial charge in [-0.15, -0.1) is 0 Å². The zero-order chi connectivity index (χ0) is 13.1. The smallest absolute Gasteiger partial charge is 0.211 e. The minimum absolute atomic E-state index is 0.101. The molecule has 0 saturated heterocycles. The molecule has 1 rings (SSSR count). The van der Waals surface area contributed by atoms with Crippen molar-refractivity contribution in [1.29, 1.82) is 0 Å².